The summed E-state index contributed by atoms with van der Waals surface area (Å²) >= 11 is 0. The Morgan fingerprint density at radius 3 is 2.22 bits per heavy atom. The van der Waals surface area contributed by atoms with Crippen molar-refractivity contribution < 1.29 is 27.8 Å². The molecule has 0 unspecified atom stereocenters. The number of rotatable bonds is 6. The van der Waals surface area contributed by atoms with Gasteiger partial charge < -0.3 is 14.2 Å². The van der Waals surface area contributed by atoms with E-state index in [9.17, 15) is 13.6 Å². The summed E-state index contributed by atoms with van der Waals surface area (Å²) in [6.07, 6.45) is 2.25. The lowest BCUT2D eigenvalue weighted by molar-refractivity contribution is -0.204. The van der Waals surface area contributed by atoms with Crippen LogP contribution < -0.4 is 4.74 Å². The predicted octanol–water partition coefficient (Wildman–Crippen LogP) is 6.09. The quantitative estimate of drug-likeness (QED) is 0.267. The van der Waals surface area contributed by atoms with Crippen LogP contribution in [0.15, 0.2) is 79.4 Å². The van der Waals surface area contributed by atoms with E-state index in [1.165, 1.54) is 6.07 Å². The molecule has 0 radical (unpaired) electrons. The minimum Gasteiger partial charge on any atom is -0.423 e. The zero-order chi connectivity index (χ0) is 22.5. The van der Waals surface area contributed by atoms with Crippen molar-refractivity contribution in [2.24, 2.45) is 5.92 Å². The minimum absolute atomic E-state index is 0.312. The Morgan fingerprint density at radius 1 is 0.938 bits per heavy atom. The molecule has 0 aromatic heterocycles. The Kier molecular flexibility index (Phi) is 6.73. The van der Waals surface area contributed by atoms with Gasteiger partial charge in [-0.05, 0) is 53.9 Å². The first-order valence-corrected chi connectivity index (χ1v) is 10.2. The van der Waals surface area contributed by atoms with Crippen LogP contribution in [0.4, 0.5) is 8.78 Å². The van der Waals surface area contributed by atoms with Crippen molar-refractivity contribution in [3.8, 4) is 16.9 Å². The number of hydrogen-bond donors (Lipinski definition) is 0. The highest BCUT2D eigenvalue weighted by molar-refractivity contribution is 5.91. The normalized spacial score (nSPS) is 18.2. The van der Waals surface area contributed by atoms with Crippen LogP contribution in [0, 0.1) is 17.6 Å². The highest BCUT2D eigenvalue weighted by atomic mass is 19.2. The summed E-state index contributed by atoms with van der Waals surface area (Å²) in [6.45, 7) is 4.93. The molecule has 1 aliphatic heterocycles. The highest BCUT2D eigenvalue weighted by Crippen LogP contribution is 2.27. The molecule has 32 heavy (non-hydrogen) atoms. The maximum atomic E-state index is 13.4. The number of allylic oxidation sites excluding steroid dienone is 1. The first-order chi connectivity index (χ1) is 15.5. The molecular weight excluding hydrogens is 414 g/mol. The summed E-state index contributed by atoms with van der Waals surface area (Å²) in [7, 11) is 0. The SMILES string of the molecule is C=CC[C@H]1CO[C@H](c2ccc(C(=O)Oc3ccc(-c4ccc(F)c(F)c4)cc3)cc2)OC1. The van der Waals surface area contributed by atoms with Crippen LogP contribution in [0.3, 0.4) is 0 Å². The molecule has 164 valence electrons. The van der Waals surface area contributed by atoms with E-state index in [0.717, 1.165) is 24.1 Å². The standard InChI is InChI=1S/C26H22F2O4/c1-2-3-17-15-30-26(31-16-17)20-6-4-19(5-7-20)25(29)32-22-11-8-18(9-12-22)21-10-13-23(27)24(28)14-21/h2,4-14,17,26H,1,3,15-16H2/t17-,26-. The van der Waals surface area contributed by atoms with E-state index in [1.54, 1.807) is 48.5 Å². The van der Waals surface area contributed by atoms with Crippen molar-refractivity contribution in [3.63, 3.8) is 0 Å². The molecule has 1 heterocycles. The number of benzene rings is 3. The molecule has 1 aliphatic rings. The van der Waals surface area contributed by atoms with Gasteiger partial charge in [-0.3, -0.25) is 0 Å². The van der Waals surface area contributed by atoms with Gasteiger partial charge in [0.1, 0.15) is 5.75 Å². The smallest absolute Gasteiger partial charge is 0.343 e. The molecular formula is C26H22F2O4. The zero-order valence-electron chi connectivity index (χ0n) is 17.3. The molecule has 0 N–H and O–H groups in total. The van der Waals surface area contributed by atoms with Gasteiger partial charge in [-0.1, -0.05) is 36.4 Å². The predicted molar refractivity (Wildman–Crippen MR) is 116 cm³/mol. The second-order valence-electron chi connectivity index (χ2n) is 7.55. The van der Waals surface area contributed by atoms with E-state index in [1.807, 2.05) is 6.08 Å². The average molecular weight is 436 g/mol. The van der Waals surface area contributed by atoms with Gasteiger partial charge in [-0.25, -0.2) is 13.6 Å². The monoisotopic (exact) mass is 436 g/mol. The Labute approximate surface area is 185 Å². The number of esters is 1. The zero-order valence-corrected chi connectivity index (χ0v) is 17.3. The lowest BCUT2D eigenvalue weighted by Gasteiger charge is -2.29. The van der Waals surface area contributed by atoms with Crippen molar-refractivity contribution >= 4 is 5.97 Å². The van der Waals surface area contributed by atoms with Crippen molar-refractivity contribution in [1.29, 1.82) is 0 Å². The fourth-order valence-corrected chi connectivity index (χ4v) is 3.44. The molecule has 1 saturated heterocycles. The van der Waals surface area contributed by atoms with E-state index in [4.69, 9.17) is 14.2 Å². The first-order valence-electron chi connectivity index (χ1n) is 10.2. The molecule has 0 bridgehead atoms. The summed E-state index contributed by atoms with van der Waals surface area (Å²) in [6, 6.07) is 17.1. The minimum atomic E-state index is -0.915. The molecule has 0 atom stereocenters. The van der Waals surface area contributed by atoms with Crippen molar-refractivity contribution in [1.82, 2.24) is 0 Å². The van der Waals surface area contributed by atoms with Crippen molar-refractivity contribution in [3.05, 3.63) is 102 Å². The van der Waals surface area contributed by atoms with Crippen LogP contribution in [0.5, 0.6) is 5.75 Å². The number of carbonyl (C=O) groups is 1. The van der Waals surface area contributed by atoms with Gasteiger partial charge in [-0.15, -0.1) is 6.58 Å². The Morgan fingerprint density at radius 2 is 1.59 bits per heavy atom. The first kappa shape index (κ1) is 21.9. The van der Waals surface area contributed by atoms with E-state index in [2.05, 4.69) is 6.58 Å². The summed E-state index contributed by atoms with van der Waals surface area (Å²) in [5, 5.41) is 0. The van der Waals surface area contributed by atoms with Gasteiger partial charge in [0.05, 0.1) is 18.8 Å². The molecule has 6 heteroatoms. The Hall–Kier alpha value is -3.35. The van der Waals surface area contributed by atoms with Crippen LogP contribution in [-0.4, -0.2) is 19.2 Å². The van der Waals surface area contributed by atoms with Crippen LogP contribution in [0.2, 0.25) is 0 Å². The third-order valence-corrected chi connectivity index (χ3v) is 5.20. The lowest BCUT2D eigenvalue weighted by Crippen LogP contribution is -2.26. The molecule has 4 rings (SSSR count). The second kappa shape index (κ2) is 9.85. The van der Waals surface area contributed by atoms with Gasteiger partial charge in [0.15, 0.2) is 17.9 Å². The van der Waals surface area contributed by atoms with E-state index < -0.39 is 23.9 Å². The van der Waals surface area contributed by atoms with Gasteiger partial charge >= 0.3 is 5.97 Å². The van der Waals surface area contributed by atoms with Crippen LogP contribution in [0.25, 0.3) is 11.1 Å². The summed E-state index contributed by atoms with van der Waals surface area (Å²) in [5.41, 5.74) is 2.42. The molecule has 1 fully saturated rings. The van der Waals surface area contributed by atoms with Crippen LogP contribution in [-0.2, 0) is 9.47 Å². The number of ether oxygens (including phenoxy) is 3. The summed E-state index contributed by atoms with van der Waals surface area (Å²) in [4.78, 5) is 12.5. The van der Waals surface area contributed by atoms with Gasteiger partial charge in [0, 0.05) is 11.5 Å². The average Bonchev–Trinajstić information content (AvgIpc) is 2.82. The number of carbonyl (C=O) groups excluding carboxylic acids is 1. The molecule has 0 spiro atoms. The lowest BCUT2D eigenvalue weighted by atomic mass is 10.1. The van der Waals surface area contributed by atoms with Crippen molar-refractivity contribution in [2.45, 2.75) is 12.7 Å². The number of hydrogen-bond acceptors (Lipinski definition) is 4. The highest BCUT2D eigenvalue weighted by Gasteiger charge is 2.23. The molecule has 0 aliphatic carbocycles. The second-order valence-corrected chi connectivity index (χ2v) is 7.55. The largest absolute Gasteiger partial charge is 0.423 e. The Bertz CT molecular complexity index is 1090. The summed E-state index contributed by atoms with van der Waals surface area (Å²) < 4.78 is 43.5. The number of halogens is 2. The van der Waals surface area contributed by atoms with Gasteiger partial charge in [0.2, 0.25) is 0 Å². The van der Waals surface area contributed by atoms with Crippen molar-refractivity contribution in [2.75, 3.05) is 13.2 Å². The maximum absolute atomic E-state index is 13.4. The molecule has 4 nitrogen and oxygen atoms in total. The Balaban J connectivity index is 1.36. The third kappa shape index (κ3) is 5.10. The van der Waals surface area contributed by atoms with E-state index in [-0.39, 0.29) is 0 Å². The molecule has 3 aromatic rings. The van der Waals surface area contributed by atoms with Gasteiger partial charge in [0.25, 0.3) is 0 Å². The van der Waals surface area contributed by atoms with Crippen LogP contribution >= 0.6 is 0 Å². The molecule has 0 saturated carbocycles. The topological polar surface area (TPSA) is 44.8 Å². The maximum Gasteiger partial charge on any atom is 0.343 e. The third-order valence-electron chi connectivity index (χ3n) is 5.20. The fraction of sp³-hybridized carbons (Fsp3) is 0.192. The molecule has 3 aromatic carbocycles. The fourth-order valence-electron chi connectivity index (χ4n) is 3.44. The molecule has 0 amide bonds. The summed E-state index contributed by atoms with van der Waals surface area (Å²) in [5.74, 6) is -1.66. The van der Waals surface area contributed by atoms with E-state index >= 15 is 0 Å². The van der Waals surface area contributed by atoms with Crippen LogP contribution in [0.1, 0.15) is 28.6 Å². The van der Waals surface area contributed by atoms with Gasteiger partial charge in [-0.2, -0.15) is 0 Å². The van der Waals surface area contributed by atoms with E-state index in [0.29, 0.717) is 41.6 Å².